The number of hydrogen-bond acceptors (Lipinski definition) is 5. The van der Waals surface area contributed by atoms with Gasteiger partial charge in [-0.15, -0.1) is 10.2 Å². The van der Waals surface area contributed by atoms with Crippen molar-refractivity contribution in [2.45, 2.75) is 26.2 Å². The van der Waals surface area contributed by atoms with Crippen molar-refractivity contribution in [2.75, 3.05) is 12.3 Å². The van der Waals surface area contributed by atoms with Crippen LogP contribution in [0, 0.1) is 6.92 Å². The van der Waals surface area contributed by atoms with Crippen molar-refractivity contribution in [1.29, 1.82) is 0 Å². The molecule has 2 aromatic rings. The molecule has 4 nitrogen and oxygen atoms in total. The first-order chi connectivity index (χ1) is 8.75. The molecule has 1 aromatic carbocycles. The van der Waals surface area contributed by atoms with Crippen LogP contribution in [-0.4, -0.2) is 16.8 Å². The van der Waals surface area contributed by atoms with E-state index in [0.717, 1.165) is 36.6 Å². The molecule has 0 aliphatic rings. The van der Waals surface area contributed by atoms with Crippen molar-refractivity contribution in [3.8, 4) is 5.75 Å². The van der Waals surface area contributed by atoms with E-state index in [-0.39, 0.29) is 0 Å². The van der Waals surface area contributed by atoms with Crippen molar-refractivity contribution < 1.29 is 4.74 Å². The molecular formula is C13H17N3OS. The molecule has 2 N–H and O–H groups in total. The molecule has 1 heterocycles. The number of nitrogens with two attached hydrogens (primary N) is 1. The zero-order valence-corrected chi connectivity index (χ0v) is 11.2. The number of anilines is 1. The summed E-state index contributed by atoms with van der Waals surface area (Å²) in [6, 6.07) is 8.06. The van der Waals surface area contributed by atoms with E-state index < -0.39 is 0 Å². The van der Waals surface area contributed by atoms with E-state index in [4.69, 9.17) is 10.5 Å². The van der Waals surface area contributed by atoms with E-state index in [1.54, 1.807) is 0 Å². The van der Waals surface area contributed by atoms with E-state index in [2.05, 4.69) is 23.2 Å². The molecule has 1 aromatic heterocycles. The molecule has 0 radical (unpaired) electrons. The molecule has 18 heavy (non-hydrogen) atoms. The molecule has 0 unspecified atom stereocenters. The van der Waals surface area contributed by atoms with E-state index in [1.165, 1.54) is 16.9 Å². The summed E-state index contributed by atoms with van der Waals surface area (Å²) < 4.78 is 5.72. The number of ether oxygens (including phenoxy) is 1. The third kappa shape index (κ3) is 3.70. The van der Waals surface area contributed by atoms with Crippen molar-refractivity contribution >= 4 is 16.5 Å². The molecule has 2 rings (SSSR count). The zero-order chi connectivity index (χ0) is 12.8. The maximum Gasteiger partial charge on any atom is 0.203 e. The Bertz CT molecular complexity index is 498. The van der Waals surface area contributed by atoms with Gasteiger partial charge in [-0.3, -0.25) is 0 Å². The summed E-state index contributed by atoms with van der Waals surface area (Å²) in [6.45, 7) is 2.79. The van der Waals surface area contributed by atoms with Gasteiger partial charge in [0.05, 0.1) is 6.61 Å². The van der Waals surface area contributed by atoms with Crippen LogP contribution >= 0.6 is 11.3 Å². The van der Waals surface area contributed by atoms with E-state index in [0.29, 0.717) is 5.13 Å². The van der Waals surface area contributed by atoms with Crippen LogP contribution in [0.5, 0.6) is 5.75 Å². The average Bonchev–Trinajstić information content (AvgIpc) is 2.77. The third-order valence-corrected chi connectivity index (χ3v) is 3.43. The zero-order valence-electron chi connectivity index (χ0n) is 10.4. The van der Waals surface area contributed by atoms with Crippen LogP contribution in [0.2, 0.25) is 0 Å². The molecule has 0 saturated heterocycles. The Kier molecular flexibility index (Phi) is 4.52. The summed E-state index contributed by atoms with van der Waals surface area (Å²) in [5.41, 5.74) is 6.70. The van der Waals surface area contributed by atoms with E-state index in [9.17, 15) is 0 Å². The maximum absolute atomic E-state index is 5.72. The topological polar surface area (TPSA) is 61.0 Å². The Morgan fingerprint density at radius 1 is 1.22 bits per heavy atom. The van der Waals surface area contributed by atoms with Gasteiger partial charge in [-0.2, -0.15) is 0 Å². The third-order valence-electron chi connectivity index (χ3n) is 2.62. The number of hydrogen-bond donors (Lipinski definition) is 1. The first-order valence-electron chi connectivity index (χ1n) is 6.02. The van der Waals surface area contributed by atoms with Crippen molar-refractivity contribution in [3.63, 3.8) is 0 Å². The van der Waals surface area contributed by atoms with Crippen molar-refractivity contribution in [3.05, 3.63) is 34.8 Å². The fourth-order valence-corrected chi connectivity index (χ4v) is 2.30. The Labute approximate surface area is 111 Å². The molecular weight excluding hydrogens is 246 g/mol. The smallest absolute Gasteiger partial charge is 0.203 e. The van der Waals surface area contributed by atoms with Gasteiger partial charge in [-0.25, -0.2) is 0 Å². The minimum Gasteiger partial charge on any atom is -0.493 e. The predicted octanol–water partition coefficient (Wildman–Crippen LogP) is 2.83. The van der Waals surface area contributed by atoms with Crippen molar-refractivity contribution in [1.82, 2.24) is 10.2 Å². The molecule has 0 aliphatic carbocycles. The monoisotopic (exact) mass is 263 g/mol. The van der Waals surface area contributed by atoms with Crippen LogP contribution in [0.3, 0.4) is 0 Å². The van der Waals surface area contributed by atoms with Gasteiger partial charge in [0.15, 0.2) is 0 Å². The van der Waals surface area contributed by atoms with Gasteiger partial charge < -0.3 is 10.5 Å². The van der Waals surface area contributed by atoms with Gasteiger partial charge in [0, 0.05) is 6.42 Å². The number of para-hydroxylation sites is 1. The molecule has 0 amide bonds. The van der Waals surface area contributed by atoms with E-state index >= 15 is 0 Å². The lowest BCUT2D eigenvalue weighted by Gasteiger charge is -2.07. The number of unbranched alkanes of at least 4 members (excludes halogenated alkanes) is 1. The highest BCUT2D eigenvalue weighted by molar-refractivity contribution is 7.15. The lowest BCUT2D eigenvalue weighted by Crippen LogP contribution is -1.99. The Hall–Kier alpha value is -1.62. The standard InChI is InChI=1S/C13H17N3OS/c1-10-6-2-3-7-11(10)17-9-5-4-8-12-15-16-13(14)18-12/h2-3,6-7H,4-5,8-9H2,1H3,(H2,14,16). The summed E-state index contributed by atoms with van der Waals surface area (Å²) >= 11 is 1.46. The fourth-order valence-electron chi connectivity index (χ4n) is 1.65. The SMILES string of the molecule is Cc1ccccc1OCCCCc1nnc(N)s1. The van der Waals surface area contributed by atoms with Gasteiger partial charge in [0.2, 0.25) is 5.13 Å². The highest BCUT2D eigenvalue weighted by Crippen LogP contribution is 2.17. The van der Waals surface area contributed by atoms with E-state index in [1.807, 2.05) is 18.2 Å². The molecule has 0 fully saturated rings. The summed E-state index contributed by atoms with van der Waals surface area (Å²) in [5, 5.41) is 9.32. The summed E-state index contributed by atoms with van der Waals surface area (Å²) in [6.07, 6.45) is 2.97. The molecule has 0 atom stereocenters. The Morgan fingerprint density at radius 3 is 2.78 bits per heavy atom. The summed E-state index contributed by atoms with van der Waals surface area (Å²) in [5.74, 6) is 0.970. The number of aromatic nitrogens is 2. The lowest BCUT2D eigenvalue weighted by atomic mass is 10.2. The van der Waals surface area contributed by atoms with Gasteiger partial charge in [0.1, 0.15) is 10.8 Å². The quantitative estimate of drug-likeness (QED) is 0.814. The molecule has 5 heteroatoms. The van der Waals surface area contributed by atoms with Gasteiger partial charge in [-0.1, -0.05) is 29.5 Å². The Morgan fingerprint density at radius 2 is 2.06 bits per heavy atom. The van der Waals surface area contributed by atoms with Crippen LogP contribution in [0.15, 0.2) is 24.3 Å². The molecule has 0 aliphatic heterocycles. The highest BCUT2D eigenvalue weighted by Gasteiger charge is 2.01. The first-order valence-corrected chi connectivity index (χ1v) is 6.83. The second kappa shape index (κ2) is 6.35. The number of nitrogen functional groups attached to an aromatic ring is 1. The highest BCUT2D eigenvalue weighted by atomic mass is 32.1. The van der Waals surface area contributed by atoms with Crippen LogP contribution < -0.4 is 10.5 Å². The number of aryl methyl sites for hydroxylation is 2. The molecule has 0 spiro atoms. The normalized spacial score (nSPS) is 10.5. The first kappa shape index (κ1) is 12.8. The molecule has 96 valence electrons. The second-order valence-electron chi connectivity index (χ2n) is 4.11. The van der Waals surface area contributed by atoms with Gasteiger partial charge in [-0.05, 0) is 31.4 Å². The summed E-state index contributed by atoms with van der Waals surface area (Å²) in [4.78, 5) is 0. The minimum absolute atomic E-state index is 0.543. The summed E-state index contributed by atoms with van der Waals surface area (Å²) in [7, 11) is 0. The van der Waals surface area contributed by atoms with Gasteiger partial charge >= 0.3 is 0 Å². The largest absolute Gasteiger partial charge is 0.493 e. The lowest BCUT2D eigenvalue weighted by molar-refractivity contribution is 0.305. The van der Waals surface area contributed by atoms with Crippen LogP contribution in [0.25, 0.3) is 0 Å². The van der Waals surface area contributed by atoms with Gasteiger partial charge in [0.25, 0.3) is 0 Å². The average molecular weight is 263 g/mol. The molecule has 0 saturated carbocycles. The van der Waals surface area contributed by atoms with Crippen molar-refractivity contribution in [2.24, 2.45) is 0 Å². The minimum atomic E-state index is 0.543. The number of nitrogens with zero attached hydrogens (tertiary/aromatic N) is 2. The Balaban J connectivity index is 1.66. The number of benzene rings is 1. The van der Waals surface area contributed by atoms with Crippen LogP contribution in [0.1, 0.15) is 23.4 Å². The molecule has 0 bridgehead atoms. The second-order valence-corrected chi connectivity index (χ2v) is 5.20. The maximum atomic E-state index is 5.72. The predicted molar refractivity (Wildman–Crippen MR) is 73.9 cm³/mol. The fraction of sp³-hybridized carbons (Fsp3) is 0.385. The van der Waals surface area contributed by atoms with Crippen LogP contribution in [-0.2, 0) is 6.42 Å². The van der Waals surface area contributed by atoms with Crippen LogP contribution in [0.4, 0.5) is 5.13 Å². The number of rotatable bonds is 6.